The van der Waals surface area contributed by atoms with Gasteiger partial charge in [0, 0.05) is 12.6 Å². The summed E-state index contributed by atoms with van der Waals surface area (Å²) in [6, 6.07) is 20.7. The third-order valence-electron chi connectivity index (χ3n) is 4.97. The summed E-state index contributed by atoms with van der Waals surface area (Å²) in [7, 11) is 0. The van der Waals surface area contributed by atoms with Gasteiger partial charge in [0.05, 0.1) is 0 Å². The van der Waals surface area contributed by atoms with Crippen LogP contribution < -0.4 is 0 Å². The highest BCUT2D eigenvalue weighted by molar-refractivity contribution is 5.38. The second-order valence-corrected chi connectivity index (χ2v) is 6.18. The second kappa shape index (κ2) is 5.06. The monoisotopic (exact) mass is 263 g/mol. The van der Waals surface area contributed by atoms with Crippen LogP contribution in [0.15, 0.2) is 54.6 Å². The Balaban J connectivity index is 1.65. The summed E-state index contributed by atoms with van der Waals surface area (Å²) in [6.45, 7) is 2.33. The molecule has 2 atom stereocenters. The fourth-order valence-electron chi connectivity index (χ4n) is 4.03. The summed E-state index contributed by atoms with van der Waals surface area (Å²) in [5.74, 6) is 0.803. The highest BCUT2D eigenvalue weighted by Gasteiger charge is 2.36. The predicted molar refractivity (Wildman–Crippen MR) is 82.6 cm³/mol. The number of hydrogen-bond donors (Lipinski definition) is 0. The van der Waals surface area contributed by atoms with Crippen molar-refractivity contribution in [1.29, 1.82) is 0 Å². The zero-order chi connectivity index (χ0) is 13.4. The lowest BCUT2D eigenvalue weighted by Gasteiger charge is -2.29. The molecule has 1 nitrogen and oxygen atoms in total. The van der Waals surface area contributed by atoms with E-state index in [-0.39, 0.29) is 0 Å². The molecule has 1 saturated heterocycles. The minimum atomic E-state index is 0.638. The summed E-state index contributed by atoms with van der Waals surface area (Å²) < 4.78 is 0. The molecule has 0 amide bonds. The number of hydrogen-bond acceptors (Lipinski definition) is 1. The topological polar surface area (TPSA) is 3.24 Å². The van der Waals surface area contributed by atoms with Gasteiger partial charge < -0.3 is 0 Å². The van der Waals surface area contributed by atoms with Crippen LogP contribution in [-0.2, 0) is 6.54 Å². The highest BCUT2D eigenvalue weighted by Crippen LogP contribution is 2.47. The van der Waals surface area contributed by atoms with Crippen LogP contribution in [0.5, 0.6) is 0 Å². The zero-order valence-electron chi connectivity index (χ0n) is 11.8. The molecule has 1 fully saturated rings. The third kappa shape index (κ3) is 2.06. The van der Waals surface area contributed by atoms with Crippen molar-refractivity contribution in [3.8, 4) is 0 Å². The van der Waals surface area contributed by atoms with E-state index in [9.17, 15) is 0 Å². The molecule has 2 aromatic carbocycles. The lowest BCUT2D eigenvalue weighted by molar-refractivity contribution is 0.197. The Labute approximate surface area is 121 Å². The average molecular weight is 263 g/mol. The minimum absolute atomic E-state index is 0.638. The van der Waals surface area contributed by atoms with E-state index in [1.54, 1.807) is 11.1 Å². The van der Waals surface area contributed by atoms with Crippen LogP contribution in [0.1, 0.15) is 47.9 Å². The fraction of sp³-hybridized carbons (Fsp3) is 0.368. The van der Waals surface area contributed by atoms with Gasteiger partial charge in [-0.2, -0.15) is 0 Å². The smallest absolute Gasteiger partial charge is 0.0360 e. The van der Waals surface area contributed by atoms with Gasteiger partial charge in [0.1, 0.15) is 0 Å². The Morgan fingerprint density at radius 1 is 0.900 bits per heavy atom. The van der Waals surface area contributed by atoms with Gasteiger partial charge in [-0.3, -0.25) is 4.90 Å². The minimum Gasteiger partial charge on any atom is -0.292 e. The molecule has 0 radical (unpaired) electrons. The molecule has 2 aromatic rings. The van der Waals surface area contributed by atoms with Gasteiger partial charge in [0.2, 0.25) is 0 Å². The number of likely N-dealkylation sites (tertiary alicyclic amines) is 1. The van der Waals surface area contributed by atoms with Gasteiger partial charge in [-0.05, 0) is 48.4 Å². The maximum absolute atomic E-state index is 2.70. The van der Waals surface area contributed by atoms with Gasteiger partial charge in [0.25, 0.3) is 0 Å². The van der Waals surface area contributed by atoms with Crippen molar-refractivity contribution in [1.82, 2.24) is 4.90 Å². The van der Waals surface area contributed by atoms with Crippen LogP contribution in [0.25, 0.3) is 0 Å². The van der Waals surface area contributed by atoms with E-state index in [0.717, 1.165) is 12.5 Å². The summed E-state index contributed by atoms with van der Waals surface area (Å²) in [6.07, 6.45) is 4.02. The first kappa shape index (κ1) is 12.2. The zero-order valence-corrected chi connectivity index (χ0v) is 11.8. The van der Waals surface area contributed by atoms with Gasteiger partial charge in [-0.15, -0.1) is 0 Å². The summed E-state index contributed by atoms with van der Waals surface area (Å²) in [4.78, 5) is 2.70. The molecule has 1 unspecified atom stereocenters. The Kier molecular flexibility index (Phi) is 3.08. The molecule has 102 valence electrons. The van der Waals surface area contributed by atoms with Gasteiger partial charge in [0.15, 0.2) is 0 Å². The van der Waals surface area contributed by atoms with E-state index < -0.39 is 0 Å². The SMILES string of the molecule is c1ccc(CN2CCC[C@H]3CC2c2ccccc23)cc1. The Bertz CT molecular complexity index is 590. The van der Waals surface area contributed by atoms with E-state index in [1.807, 2.05) is 0 Å². The molecule has 0 N–H and O–H groups in total. The quantitative estimate of drug-likeness (QED) is 0.770. The molecule has 1 heterocycles. The van der Waals surface area contributed by atoms with E-state index >= 15 is 0 Å². The van der Waals surface area contributed by atoms with Crippen molar-refractivity contribution in [3.63, 3.8) is 0 Å². The molecule has 1 aliphatic carbocycles. The first-order valence-electron chi connectivity index (χ1n) is 7.78. The molecule has 0 spiro atoms. The van der Waals surface area contributed by atoms with Crippen LogP contribution in [0.3, 0.4) is 0 Å². The molecule has 2 bridgehead atoms. The Hall–Kier alpha value is -1.60. The van der Waals surface area contributed by atoms with Crippen molar-refractivity contribution in [2.75, 3.05) is 6.54 Å². The molecule has 2 aliphatic rings. The third-order valence-corrected chi connectivity index (χ3v) is 4.97. The number of fused-ring (bicyclic) bond motifs is 5. The number of rotatable bonds is 2. The normalized spacial score (nSPS) is 25.2. The van der Waals surface area contributed by atoms with E-state index in [0.29, 0.717) is 6.04 Å². The van der Waals surface area contributed by atoms with Crippen LogP contribution in [-0.4, -0.2) is 11.4 Å². The van der Waals surface area contributed by atoms with Crippen molar-refractivity contribution in [2.45, 2.75) is 37.8 Å². The molecule has 4 rings (SSSR count). The highest BCUT2D eigenvalue weighted by atomic mass is 15.2. The summed E-state index contributed by atoms with van der Waals surface area (Å²) >= 11 is 0. The van der Waals surface area contributed by atoms with Crippen molar-refractivity contribution >= 4 is 0 Å². The summed E-state index contributed by atoms with van der Waals surface area (Å²) in [5.41, 5.74) is 4.65. The molecule has 1 heteroatoms. The predicted octanol–water partition coefficient (Wildman–Crippen LogP) is 4.51. The molecule has 0 saturated carbocycles. The molecular weight excluding hydrogens is 242 g/mol. The van der Waals surface area contributed by atoms with E-state index in [2.05, 4.69) is 59.5 Å². The van der Waals surface area contributed by atoms with Gasteiger partial charge >= 0.3 is 0 Å². The first-order chi connectivity index (χ1) is 9.92. The number of benzene rings is 2. The largest absolute Gasteiger partial charge is 0.292 e. The van der Waals surface area contributed by atoms with Gasteiger partial charge in [-0.1, -0.05) is 54.6 Å². The van der Waals surface area contributed by atoms with E-state index in [4.69, 9.17) is 0 Å². The first-order valence-corrected chi connectivity index (χ1v) is 7.78. The van der Waals surface area contributed by atoms with Crippen molar-refractivity contribution in [3.05, 3.63) is 71.3 Å². The second-order valence-electron chi connectivity index (χ2n) is 6.18. The molecular formula is C19H21N. The van der Waals surface area contributed by atoms with Crippen LogP contribution in [0.4, 0.5) is 0 Å². The standard InChI is InChI=1S/C19H21N/c1-2-7-15(8-3-1)14-20-12-6-9-16-13-19(20)18-11-5-4-10-17(16)18/h1-5,7-8,10-11,16,19H,6,9,12-14H2/t16-,19?/m0/s1. The fourth-order valence-corrected chi connectivity index (χ4v) is 4.03. The molecule has 1 aliphatic heterocycles. The lowest BCUT2D eigenvalue weighted by atomic mass is 9.96. The Morgan fingerprint density at radius 2 is 1.65 bits per heavy atom. The van der Waals surface area contributed by atoms with E-state index in [1.165, 1.54) is 31.4 Å². The van der Waals surface area contributed by atoms with Gasteiger partial charge in [-0.25, -0.2) is 0 Å². The average Bonchev–Trinajstić information content (AvgIpc) is 2.72. The summed E-state index contributed by atoms with van der Waals surface area (Å²) in [5, 5.41) is 0. The maximum atomic E-state index is 2.70. The molecule has 0 aromatic heterocycles. The lowest BCUT2D eigenvalue weighted by Crippen LogP contribution is -2.27. The van der Waals surface area contributed by atoms with Crippen LogP contribution in [0.2, 0.25) is 0 Å². The maximum Gasteiger partial charge on any atom is 0.0360 e. The number of nitrogens with zero attached hydrogens (tertiary/aromatic N) is 1. The van der Waals surface area contributed by atoms with Crippen LogP contribution in [0, 0.1) is 0 Å². The van der Waals surface area contributed by atoms with Crippen molar-refractivity contribution < 1.29 is 0 Å². The Morgan fingerprint density at radius 3 is 2.50 bits per heavy atom. The van der Waals surface area contributed by atoms with Crippen LogP contribution >= 0.6 is 0 Å². The molecule has 20 heavy (non-hydrogen) atoms. The van der Waals surface area contributed by atoms with Crippen molar-refractivity contribution in [2.24, 2.45) is 0 Å².